The Balaban J connectivity index is 2.02. The van der Waals surface area contributed by atoms with Crippen LogP contribution in [-0.4, -0.2) is 0 Å². The van der Waals surface area contributed by atoms with Gasteiger partial charge in [0.15, 0.2) is 0 Å². The van der Waals surface area contributed by atoms with Crippen molar-refractivity contribution in [1.29, 1.82) is 0 Å². The highest BCUT2D eigenvalue weighted by atomic mass is 14.3. The van der Waals surface area contributed by atoms with Gasteiger partial charge in [0.2, 0.25) is 0 Å². The Bertz CT molecular complexity index is 857. The lowest BCUT2D eigenvalue weighted by atomic mass is 9.86. The van der Waals surface area contributed by atoms with Gasteiger partial charge in [-0.3, -0.25) is 0 Å². The van der Waals surface area contributed by atoms with Crippen molar-refractivity contribution in [2.75, 3.05) is 0 Å². The topological polar surface area (TPSA) is 0 Å². The molecule has 0 atom stereocenters. The van der Waals surface area contributed by atoms with E-state index in [2.05, 4.69) is 74.5 Å². The van der Waals surface area contributed by atoms with E-state index in [9.17, 15) is 0 Å². The number of hydrogen-bond acceptors (Lipinski definition) is 0. The van der Waals surface area contributed by atoms with Crippen molar-refractivity contribution in [3.63, 3.8) is 0 Å². The average Bonchev–Trinajstić information content (AvgIpc) is 3.00. The summed E-state index contributed by atoms with van der Waals surface area (Å²) < 4.78 is 0. The molecule has 0 saturated carbocycles. The van der Waals surface area contributed by atoms with Gasteiger partial charge in [-0.25, -0.2) is 0 Å². The summed E-state index contributed by atoms with van der Waals surface area (Å²) >= 11 is 0. The second-order valence-electron chi connectivity index (χ2n) is 6.32. The molecule has 0 heteroatoms. The fourth-order valence-corrected chi connectivity index (χ4v) is 4.04. The van der Waals surface area contributed by atoms with E-state index >= 15 is 0 Å². The molecule has 114 valence electrons. The predicted molar refractivity (Wildman–Crippen MR) is 98.9 cm³/mol. The highest BCUT2D eigenvalue weighted by molar-refractivity contribution is 5.85. The molecular formula is C23H22. The molecule has 23 heavy (non-hydrogen) atoms. The van der Waals surface area contributed by atoms with Crippen LogP contribution in [0.2, 0.25) is 0 Å². The minimum atomic E-state index is 1.08. The summed E-state index contributed by atoms with van der Waals surface area (Å²) in [7, 11) is 0. The molecule has 0 aromatic heterocycles. The van der Waals surface area contributed by atoms with E-state index in [1.807, 2.05) is 0 Å². The minimum absolute atomic E-state index is 1.08. The van der Waals surface area contributed by atoms with Gasteiger partial charge < -0.3 is 0 Å². The van der Waals surface area contributed by atoms with Crippen LogP contribution in [-0.2, 0) is 19.3 Å². The van der Waals surface area contributed by atoms with Gasteiger partial charge in [-0.2, -0.15) is 0 Å². The van der Waals surface area contributed by atoms with Crippen LogP contribution in [0.25, 0.3) is 22.3 Å². The van der Waals surface area contributed by atoms with Crippen LogP contribution >= 0.6 is 0 Å². The number of benzene rings is 3. The quantitative estimate of drug-likeness (QED) is 0.432. The third-order valence-corrected chi connectivity index (χ3v) is 5.10. The van der Waals surface area contributed by atoms with Gasteiger partial charge in [-0.05, 0) is 63.8 Å². The van der Waals surface area contributed by atoms with Crippen LogP contribution in [0, 0.1) is 0 Å². The molecule has 0 amide bonds. The highest BCUT2D eigenvalue weighted by Crippen LogP contribution is 2.44. The Kier molecular flexibility index (Phi) is 3.53. The van der Waals surface area contributed by atoms with Crippen molar-refractivity contribution in [2.24, 2.45) is 0 Å². The molecule has 1 aliphatic rings. The zero-order chi connectivity index (χ0) is 15.8. The van der Waals surface area contributed by atoms with Crippen molar-refractivity contribution in [2.45, 2.75) is 33.1 Å². The van der Waals surface area contributed by atoms with Crippen molar-refractivity contribution in [1.82, 2.24) is 0 Å². The first-order chi connectivity index (χ1) is 11.3. The van der Waals surface area contributed by atoms with Gasteiger partial charge in [0.25, 0.3) is 0 Å². The molecule has 0 bridgehead atoms. The summed E-state index contributed by atoms with van der Waals surface area (Å²) in [5.41, 5.74) is 11.8. The summed E-state index contributed by atoms with van der Waals surface area (Å²) in [6, 6.07) is 22.2. The molecule has 0 spiro atoms. The Morgan fingerprint density at radius 2 is 1.52 bits per heavy atom. The maximum absolute atomic E-state index is 2.44. The molecule has 0 nitrogen and oxygen atoms in total. The Hall–Kier alpha value is -2.34. The molecule has 0 unspecified atom stereocenters. The lowest BCUT2D eigenvalue weighted by Crippen LogP contribution is -1.99. The van der Waals surface area contributed by atoms with E-state index < -0.39 is 0 Å². The predicted octanol–water partition coefficient (Wildman–Crippen LogP) is 6.05. The van der Waals surface area contributed by atoms with Crippen LogP contribution < -0.4 is 0 Å². The van der Waals surface area contributed by atoms with Gasteiger partial charge in [0.1, 0.15) is 0 Å². The Labute approximate surface area is 138 Å². The lowest BCUT2D eigenvalue weighted by Gasteiger charge is -2.18. The third kappa shape index (κ3) is 2.21. The molecular weight excluding hydrogens is 276 g/mol. The molecule has 1 aliphatic carbocycles. The molecule has 0 heterocycles. The van der Waals surface area contributed by atoms with Crippen LogP contribution in [0.4, 0.5) is 0 Å². The smallest absolute Gasteiger partial charge is 0.00104 e. The lowest BCUT2D eigenvalue weighted by molar-refractivity contribution is 1.07. The first-order valence-corrected chi connectivity index (χ1v) is 8.64. The van der Waals surface area contributed by atoms with Crippen LogP contribution in [0.3, 0.4) is 0 Å². The minimum Gasteiger partial charge on any atom is -0.0622 e. The molecule has 0 radical (unpaired) electrons. The van der Waals surface area contributed by atoms with Crippen molar-refractivity contribution in [3.8, 4) is 22.3 Å². The summed E-state index contributed by atoms with van der Waals surface area (Å²) in [6.07, 6.45) is 3.26. The van der Waals surface area contributed by atoms with Gasteiger partial charge in [0, 0.05) is 0 Å². The van der Waals surface area contributed by atoms with E-state index in [4.69, 9.17) is 0 Å². The standard InChI is InChI=1S/C23H22/c1-3-16-14-21(17-10-6-5-7-11-17)19(4-2)22-15-18-12-8-9-13-20(18)23(16)22/h5-14H,3-4,15H2,1-2H3. The van der Waals surface area contributed by atoms with Crippen LogP contribution in [0.15, 0.2) is 60.7 Å². The fourth-order valence-electron chi connectivity index (χ4n) is 4.04. The Morgan fingerprint density at radius 1 is 0.783 bits per heavy atom. The van der Waals surface area contributed by atoms with Crippen molar-refractivity contribution in [3.05, 3.63) is 82.9 Å². The second-order valence-corrected chi connectivity index (χ2v) is 6.32. The van der Waals surface area contributed by atoms with E-state index in [0.29, 0.717) is 0 Å². The third-order valence-electron chi connectivity index (χ3n) is 5.10. The first-order valence-electron chi connectivity index (χ1n) is 8.64. The number of fused-ring (bicyclic) bond motifs is 3. The second kappa shape index (κ2) is 5.70. The van der Waals surface area contributed by atoms with Crippen LogP contribution in [0.1, 0.15) is 36.1 Å². The van der Waals surface area contributed by atoms with Crippen molar-refractivity contribution >= 4 is 0 Å². The molecule has 0 aliphatic heterocycles. The average molecular weight is 298 g/mol. The molecule has 4 rings (SSSR count). The van der Waals surface area contributed by atoms with Gasteiger partial charge in [-0.15, -0.1) is 0 Å². The first kappa shape index (κ1) is 14.3. The van der Waals surface area contributed by atoms with Crippen molar-refractivity contribution < 1.29 is 0 Å². The molecule has 0 saturated heterocycles. The van der Waals surface area contributed by atoms with E-state index in [1.165, 1.54) is 38.9 Å². The number of hydrogen-bond donors (Lipinski definition) is 0. The molecule has 3 aromatic carbocycles. The Morgan fingerprint density at radius 3 is 2.26 bits per heavy atom. The monoisotopic (exact) mass is 298 g/mol. The number of aryl methyl sites for hydroxylation is 1. The van der Waals surface area contributed by atoms with Gasteiger partial charge >= 0.3 is 0 Å². The van der Waals surface area contributed by atoms with Gasteiger partial charge in [0.05, 0.1) is 0 Å². The molecule has 0 N–H and O–H groups in total. The summed E-state index contributed by atoms with van der Waals surface area (Å²) in [4.78, 5) is 0. The zero-order valence-corrected chi connectivity index (χ0v) is 13.9. The SMILES string of the molecule is CCc1cc(-c2ccccc2)c(CC)c2c1-c1ccccc1C2. The van der Waals surface area contributed by atoms with Crippen LogP contribution in [0.5, 0.6) is 0 Å². The van der Waals surface area contributed by atoms with Gasteiger partial charge in [-0.1, -0.05) is 74.5 Å². The maximum atomic E-state index is 2.44. The summed E-state index contributed by atoms with van der Waals surface area (Å²) in [5, 5.41) is 0. The molecule has 0 fully saturated rings. The summed E-state index contributed by atoms with van der Waals surface area (Å²) in [5.74, 6) is 0. The zero-order valence-electron chi connectivity index (χ0n) is 13.9. The maximum Gasteiger partial charge on any atom is -0.00104 e. The van der Waals surface area contributed by atoms with E-state index in [1.54, 1.807) is 5.56 Å². The normalized spacial score (nSPS) is 12.1. The van der Waals surface area contributed by atoms with E-state index in [-0.39, 0.29) is 0 Å². The largest absolute Gasteiger partial charge is 0.0622 e. The highest BCUT2D eigenvalue weighted by Gasteiger charge is 2.25. The summed E-state index contributed by atoms with van der Waals surface area (Å²) in [6.45, 7) is 4.56. The fraction of sp³-hybridized carbons (Fsp3) is 0.217. The number of rotatable bonds is 3. The van der Waals surface area contributed by atoms with E-state index in [0.717, 1.165) is 19.3 Å². The molecule has 3 aromatic rings.